The molecule has 0 amide bonds. The lowest BCUT2D eigenvalue weighted by Crippen LogP contribution is -1.75. The summed E-state index contributed by atoms with van der Waals surface area (Å²) in [6.45, 7) is 4.00. The Kier molecular flexibility index (Phi) is 4.00. The predicted octanol–water partition coefficient (Wildman–Crippen LogP) is 5.00. The van der Waals surface area contributed by atoms with Crippen LogP contribution in [0.25, 0.3) is 22.3 Å². The first-order valence-corrected chi connectivity index (χ1v) is 6.36. The lowest BCUT2D eigenvalue weighted by molar-refractivity contribution is 0.631. The van der Waals surface area contributed by atoms with E-state index in [1.807, 2.05) is 56.3 Å². The minimum atomic E-state index is 0.657. The largest absolute Gasteiger partial charge is 0.456 e. The highest BCUT2D eigenvalue weighted by Crippen LogP contribution is 2.27. The van der Waals surface area contributed by atoms with Crippen molar-refractivity contribution in [3.8, 4) is 17.4 Å². The van der Waals surface area contributed by atoms with E-state index in [0.29, 0.717) is 5.56 Å². The maximum atomic E-state index is 8.74. The van der Waals surface area contributed by atoms with Gasteiger partial charge in [0.15, 0.2) is 0 Å². The zero-order valence-corrected chi connectivity index (χ0v) is 11.1. The van der Waals surface area contributed by atoms with Crippen molar-refractivity contribution in [2.45, 2.75) is 13.8 Å². The van der Waals surface area contributed by atoms with Gasteiger partial charge in [0, 0.05) is 10.9 Å². The lowest BCUT2D eigenvalue weighted by atomic mass is 10.1. The molecule has 0 saturated heterocycles. The van der Waals surface area contributed by atoms with Crippen LogP contribution in [-0.4, -0.2) is 0 Å². The fourth-order valence-electron chi connectivity index (χ4n) is 1.83. The molecule has 0 aliphatic rings. The van der Waals surface area contributed by atoms with Crippen LogP contribution in [0.3, 0.4) is 0 Å². The first kappa shape index (κ1) is 12.9. The van der Waals surface area contributed by atoms with Gasteiger partial charge < -0.3 is 4.42 Å². The van der Waals surface area contributed by atoms with Gasteiger partial charge in [0.05, 0.1) is 11.6 Å². The summed E-state index contributed by atoms with van der Waals surface area (Å²) >= 11 is 0. The van der Waals surface area contributed by atoms with Crippen molar-refractivity contribution < 1.29 is 4.42 Å². The molecule has 0 N–H and O–H groups in total. The molecule has 1 heterocycles. The van der Waals surface area contributed by atoms with Gasteiger partial charge in [-0.25, -0.2) is 0 Å². The molecule has 0 fully saturated rings. The fraction of sp³-hybridized carbons (Fsp3) is 0.118. The Bertz CT molecular complexity index is 669. The van der Waals surface area contributed by atoms with E-state index in [4.69, 9.17) is 9.68 Å². The van der Waals surface area contributed by atoms with Gasteiger partial charge in [-0.1, -0.05) is 32.0 Å². The number of hydrogen-bond acceptors (Lipinski definition) is 2. The molecule has 0 unspecified atom stereocenters. The summed E-state index contributed by atoms with van der Waals surface area (Å²) in [5.74, 6) is 0.829. The maximum Gasteiger partial charge on any atom is 0.135 e. The summed E-state index contributed by atoms with van der Waals surface area (Å²) in [5, 5.41) is 9.83. The molecule has 0 atom stereocenters. The van der Waals surface area contributed by atoms with Crippen LogP contribution in [0.2, 0.25) is 0 Å². The Hall–Kier alpha value is -2.53. The van der Waals surface area contributed by atoms with Crippen molar-refractivity contribution in [2.75, 3.05) is 0 Å². The first-order valence-electron chi connectivity index (χ1n) is 6.36. The van der Waals surface area contributed by atoms with Crippen LogP contribution in [0.15, 0.2) is 59.0 Å². The van der Waals surface area contributed by atoms with E-state index in [2.05, 4.69) is 6.07 Å². The summed E-state index contributed by atoms with van der Waals surface area (Å²) in [6.07, 6.45) is 0. The second kappa shape index (κ2) is 5.88. The van der Waals surface area contributed by atoms with Crippen molar-refractivity contribution in [2.24, 2.45) is 0 Å². The Balaban J connectivity index is 0.000000637. The molecular formula is C17H15NO. The summed E-state index contributed by atoms with van der Waals surface area (Å²) < 4.78 is 5.74. The molecule has 2 nitrogen and oxygen atoms in total. The standard InChI is InChI=1S/C15H9NO.C2H6/c16-10-11-5-7-12(8-6-11)15-9-13-3-1-2-4-14(13)17-15;1-2/h1-9H;1-2H3. The van der Waals surface area contributed by atoms with E-state index >= 15 is 0 Å². The summed E-state index contributed by atoms with van der Waals surface area (Å²) in [5.41, 5.74) is 2.52. The van der Waals surface area contributed by atoms with Crippen molar-refractivity contribution in [3.63, 3.8) is 0 Å². The quantitative estimate of drug-likeness (QED) is 0.608. The van der Waals surface area contributed by atoms with Crippen LogP contribution in [-0.2, 0) is 0 Å². The molecule has 94 valence electrons. The number of fused-ring (bicyclic) bond motifs is 1. The van der Waals surface area contributed by atoms with Gasteiger partial charge in [0.25, 0.3) is 0 Å². The van der Waals surface area contributed by atoms with Gasteiger partial charge in [-0.2, -0.15) is 5.26 Å². The summed E-state index contributed by atoms with van der Waals surface area (Å²) in [7, 11) is 0. The predicted molar refractivity (Wildman–Crippen MR) is 77.7 cm³/mol. The molecule has 19 heavy (non-hydrogen) atoms. The van der Waals surface area contributed by atoms with E-state index in [-0.39, 0.29) is 0 Å². The fourth-order valence-corrected chi connectivity index (χ4v) is 1.83. The molecular weight excluding hydrogens is 234 g/mol. The number of nitrogens with zero attached hydrogens (tertiary/aromatic N) is 1. The Morgan fingerprint density at radius 2 is 1.63 bits per heavy atom. The van der Waals surface area contributed by atoms with E-state index < -0.39 is 0 Å². The smallest absolute Gasteiger partial charge is 0.135 e. The Morgan fingerprint density at radius 1 is 0.947 bits per heavy atom. The SMILES string of the molecule is CC.N#Cc1ccc(-c2cc3ccccc3o2)cc1. The molecule has 2 aromatic carbocycles. The van der Waals surface area contributed by atoms with Crippen LogP contribution < -0.4 is 0 Å². The zero-order chi connectivity index (χ0) is 13.7. The third kappa shape index (κ3) is 2.66. The van der Waals surface area contributed by atoms with Gasteiger partial charge in [-0.15, -0.1) is 0 Å². The Labute approximate surface area is 112 Å². The van der Waals surface area contributed by atoms with Crippen molar-refractivity contribution >= 4 is 11.0 Å². The van der Waals surface area contributed by atoms with E-state index in [0.717, 1.165) is 22.3 Å². The highest BCUT2D eigenvalue weighted by atomic mass is 16.3. The number of benzene rings is 2. The molecule has 1 aromatic heterocycles. The molecule has 0 aliphatic heterocycles. The highest BCUT2D eigenvalue weighted by molar-refractivity contribution is 5.82. The molecule has 3 rings (SSSR count). The number of rotatable bonds is 1. The number of para-hydroxylation sites is 1. The number of nitriles is 1. The maximum absolute atomic E-state index is 8.74. The van der Waals surface area contributed by atoms with Gasteiger partial charge in [-0.3, -0.25) is 0 Å². The second-order valence-corrected chi connectivity index (χ2v) is 3.84. The molecule has 3 aromatic rings. The summed E-state index contributed by atoms with van der Waals surface area (Å²) in [6, 6.07) is 19.4. The van der Waals surface area contributed by atoms with Crippen LogP contribution in [0.5, 0.6) is 0 Å². The highest BCUT2D eigenvalue weighted by Gasteiger charge is 2.05. The second-order valence-electron chi connectivity index (χ2n) is 3.84. The van der Waals surface area contributed by atoms with Crippen LogP contribution >= 0.6 is 0 Å². The molecule has 0 aliphatic carbocycles. The van der Waals surface area contributed by atoms with Crippen LogP contribution in [0.4, 0.5) is 0 Å². The van der Waals surface area contributed by atoms with Gasteiger partial charge in [0.2, 0.25) is 0 Å². The van der Waals surface area contributed by atoms with Crippen molar-refractivity contribution in [3.05, 3.63) is 60.2 Å². The van der Waals surface area contributed by atoms with E-state index in [9.17, 15) is 0 Å². The van der Waals surface area contributed by atoms with Gasteiger partial charge in [-0.05, 0) is 36.4 Å². The summed E-state index contributed by atoms with van der Waals surface area (Å²) in [4.78, 5) is 0. The Morgan fingerprint density at radius 3 is 2.26 bits per heavy atom. The van der Waals surface area contributed by atoms with E-state index in [1.165, 1.54) is 0 Å². The van der Waals surface area contributed by atoms with Gasteiger partial charge >= 0.3 is 0 Å². The normalized spacial score (nSPS) is 9.53. The van der Waals surface area contributed by atoms with Gasteiger partial charge in [0.1, 0.15) is 11.3 Å². The molecule has 0 radical (unpaired) electrons. The van der Waals surface area contributed by atoms with Crippen molar-refractivity contribution in [1.82, 2.24) is 0 Å². The van der Waals surface area contributed by atoms with Crippen molar-refractivity contribution in [1.29, 1.82) is 5.26 Å². The molecule has 0 saturated carbocycles. The average Bonchev–Trinajstić information content (AvgIpc) is 2.93. The van der Waals surface area contributed by atoms with Crippen LogP contribution in [0, 0.1) is 11.3 Å². The van der Waals surface area contributed by atoms with Crippen LogP contribution in [0.1, 0.15) is 19.4 Å². The third-order valence-corrected chi connectivity index (χ3v) is 2.72. The number of hydrogen-bond donors (Lipinski definition) is 0. The van der Waals surface area contributed by atoms with E-state index in [1.54, 1.807) is 12.1 Å². The topological polar surface area (TPSA) is 36.9 Å². The average molecular weight is 249 g/mol. The molecule has 0 bridgehead atoms. The number of furan rings is 1. The molecule has 2 heteroatoms. The zero-order valence-electron chi connectivity index (χ0n) is 11.1. The minimum Gasteiger partial charge on any atom is -0.456 e. The first-order chi connectivity index (χ1) is 9.36. The third-order valence-electron chi connectivity index (χ3n) is 2.72. The minimum absolute atomic E-state index is 0.657. The molecule has 0 spiro atoms. The monoisotopic (exact) mass is 249 g/mol. The lowest BCUT2D eigenvalue weighted by Gasteiger charge is -1.95.